The molecule has 0 atom stereocenters. The summed E-state index contributed by atoms with van der Waals surface area (Å²) in [6.45, 7) is 0. The van der Waals surface area contributed by atoms with Gasteiger partial charge in [-0.1, -0.05) is 24.2 Å². The molecule has 98 valence electrons. The molecular weight excluding hydrogens is 267 g/mol. The number of fused-ring (bicyclic) bond motifs is 1. The molecule has 0 bridgehead atoms. The van der Waals surface area contributed by atoms with E-state index in [2.05, 4.69) is 15.3 Å². The molecule has 5 nitrogen and oxygen atoms in total. The number of aromatic nitrogens is 4. The maximum absolute atomic E-state index is 12.6. The van der Waals surface area contributed by atoms with E-state index in [0.717, 1.165) is 41.5 Å². The minimum Gasteiger partial charge on any atom is -0.319 e. The van der Waals surface area contributed by atoms with Gasteiger partial charge in [-0.15, -0.1) is 10.2 Å². The monoisotopic (exact) mass is 277 g/mol. The lowest BCUT2D eigenvalue weighted by Gasteiger charge is -2.19. The van der Waals surface area contributed by atoms with Crippen molar-refractivity contribution in [1.29, 1.82) is 0 Å². The Balaban J connectivity index is 2.09. The van der Waals surface area contributed by atoms with Crippen LogP contribution in [0.4, 0.5) is 13.2 Å². The molecule has 1 aliphatic carbocycles. The van der Waals surface area contributed by atoms with Crippen molar-refractivity contribution in [2.24, 2.45) is 5.73 Å². The molecule has 0 unspecified atom stereocenters. The second-order valence-electron chi connectivity index (χ2n) is 4.49. The first kappa shape index (κ1) is 11.8. The summed E-state index contributed by atoms with van der Waals surface area (Å²) in [7, 11) is 0. The van der Waals surface area contributed by atoms with Gasteiger partial charge in [0.2, 0.25) is 4.96 Å². The first-order valence-electron chi connectivity index (χ1n) is 5.49. The van der Waals surface area contributed by atoms with Gasteiger partial charge < -0.3 is 5.73 Å². The fraction of sp³-hybridized carbons (Fsp3) is 0.667. The highest BCUT2D eigenvalue weighted by Gasteiger charge is 2.40. The summed E-state index contributed by atoms with van der Waals surface area (Å²) in [6.07, 6.45) is -1.11. The van der Waals surface area contributed by atoms with E-state index in [0.29, 0.717) is 5.01 Å². The molecule has 0 spiro atoms. The van der Waals surface area contributed by atoms with Crippen LogP contribution in [0.15, 0.2) is 0 Å². The van der Waals surface area contributed by atoms with Gasteiger partial charge in [0.25, 0.3) is 5.82 Å². The summed E-state index contributed by atoms with van der Waals surface area (Å²) in [5, 5.41) is 11.1. The fourth-order valence-corrected chi connectivity index (χ4v) is 3.21. The van der Waals surface area contributed by atoms with E-state index in [-0.39, 0.29) is 4.96 Å². The summed E-state index contributed by atoms with van der Waals surface area (Å²) in [5.74, 6) is -1.10. The Hall–Kier alpha value is -1.22. The Kier molecular flexibility index (Phi) is 2.39. The van der Waals surface area contributed by atoms with Crippen LogP contribution in [-0.4, -0.2) is 19.8 Å². The van der Waals surface area contributed by atoms with Gasteiger partial charge in [-0.3, -0.25) is 0 Å². The third-order valence-corrected chi connectivity index (χ3v) is 4.28. The summed E-state index contributed by atoms with van der Waals surface area (Å²) < 4.78 is 38.7. The van der Waals surface area contributed by atoms with E-state index >= 15 is 0 Å². The standard InChI is InChI=1S/C9H10F3N5S/c10-9(11,12)5-14-15-7-17(5)16-6(18-7)8(13)3-1-2-4-8/h1-4,13H2. The van der Waals surface area contributed by atoms with Crippen LogP contribution in [0.1, 0.15) is 36.5 Å². The molecule has 1 aliphatic rings. The molecular formula is C9H10F3N5S. The molecule has 0 aromatic carbocycles. The third kappa shape index (κ3) is 1.69. The van der Waals surface area contributed by atoms with E-state index < -0.39 is 17.5 Å². The zero-order valence-electron chi connectivity index (χ0n) is 9.24. The van der Waals surface area contributed by atoms with Gasteiger partial charge in [-0.05, 0) is 12.8 Å². The topological polar surface area (TPSA) is 69.1 Å². The summed E-state index contributed by atoms with van der Waals surface area (Å²) in [5.41, 5.74) is 5.56. The summed E-state index contributed by atoms with van der Waals surface area (Å²) >= 11 is 1.08. The molecule has 2 aromatic heterocycles. The van der Waals surface area contributed by atoms with Crippen LogP contribution in [0.3, 0.4) is 0 Å². The number of alkyl halides is 3. The molecule has 2 aromatic rings. The highest BCUT2D eigenvalue weighted by molar-refractivity contribution is 7.16. The highest BCUT2D eigenvalue weighted by Crippen LogP contribution is 2.39. The van der Waals surface area contributed by atoms with Crippen molar-refractivity contribution in [3.63, 3.8) is 0 Å². The molecule has 0 amide bonds. The van der Waals surface area contributed by atoms with Gasteiger partial charge in [0.15, 0.2) is 0 Å². The maximum Gasteiger partial charge on any atom is 0.453 e. The van der Waals surface area contributed by atoms with Crippen molar-refractivity contribution in [3.8, 4) is 0 Å². The highest BCUT2D eigenvalue weighted by atomic mass is 32.1. The average molecular weight is 277 g/mol. The van der Waals surface area contributed by atoms with Crippen LogP contribution in [0.25, 0.3) is 4.96 Å². The molecule has 3 rings (SSSR count). The molecule has 0 radical (unpaired) electrons. The predicted octanol–water partition coefficient (Wildman–Crippen LogP) is 1.93. The zero-order valence-corrected chi connectivity index (χ0v) is 10.1. The second-order valence-corrected chi connectivity index (χ2v) is 5.44. The van der Waals surface area contributed by atoms with Gasteiger partial charge in [0, 0.05) is 0 Å². The average Bonchev–Trinajstić information content (AvgIpc) is 2.87. The van der Waals surface area contributed by atoms with Crippen LogP contribution < -0.4 is 5.73 Å². The Morgan fingerprint density at radius 1 is 1.22 bits per heavy atom. The van der Waals surface area contributed by atoms with Gasteiger partial charge >= 0.3 is 6.18 Å². The predicted molar refractivity (Wildman–Crippen MR) is 58.0 cm³/mol. The zero-order chi connectivity index (χ0) is 13.0. The minimum atomic E-state index is -4.55. The van der Waals surface area contributed by atoms with Crippen LogP contribution in [0.2, 0.25) is 0 Å². The van der Waals surface area contributed by atoms with E-state index in [1.165, 1.54) is 0 Å². The second kappa shape index (κ2) is 3.64. The Labute approximate surface area is 104 Å². The van der Waals surface area contributed by atoms with Crippen molar-refractivity contribution in [2.75, 3.05) is 0 Å². The fourth-order valence-electron chi connectivity index (χ4n) is 2.21. The normalized spacial score (nSPS) is 19.8. The van der Waals surface area contributed by atoms with Crippen LogP contribution in [-0.2, 0) is 11.7 Å². The largest absolute Gasteiger partial charge is 0.453 e. The van der Waals surface area contributed by atoms with E-state index in [9.17, 15) is 13.2 Å². The van der Waals surface area contributed by atoms with E-state index in [4.69, 9.17) is 5.73 Å². The number of hydrogen-bond donors (Lipinski definition) is 1. The van der Waals surface area contributed by atoms with Gasteiger partial charge in [0.1, 0.15) is 5.01 Å². The molecule has 1 saturated carbocycles. The number of rotatable bonds is 1. The van der Waals surface area contributed by atoms with Gasteiger partial charge in [-0.2, -0.15) is 22.8 Å². The Morgan fingerprint density at radius 3 is 2.50 bits per heavy atom. The smallest absolute Gasteiger partial charge is 0.319 e. The third-order valence-electron chi connectivity index (χ3n) is 3.17. The lowest BCUT2D eigenvalue weighted by molar-refractivity contribution is -0.146. The first-order chi connectivity index (χ1) is 8.40. The SMILES string of the molecule is NC1(c2nn3c(C(F)(F)F)nnc3s2)CCCC1. The number of hydrogen-bond acceptors (Lipinski definition) is 5. The molecule has 0 aliphatic heterocycles. The maximum atomic E-state index is 12.6. The Bertz CT molecular complexity index is 581. The summed E-state index contributed by atoms with van der Waals surface area (Å²) in [6, 6.07) is 0. The van der Waals surface area contributed by atoms with Crippen molar-refractivity contribution in [1.82, 2.24) is 19.8 Å². The van der Waals surface area contributed by atoms with Crippen LogP contribution >= 0.6 is 11.3 Å². The summed E-state index contributed by atoms with van der Waals surface area (Å²) in [4.78, 5) is 0.133. The van der Waals surface area contributed by atoms with Crippen molar-refractivity contribution < 1.29 is 13.2 Å². The quantitative estimate of drug-likeness (QED) is 0.864. The molecule has 18 heavy (non-hydrogen) atoms. The van der Waals surface area contributed by atoms with Gasteiger partial charge in [0.05, 0.1) is 5.54 Å². The molecule has 2 N–H and O–H groups in total. The van der Waals surface area contributed by atoms with Crippen LogP contribution in [0.5, 0.6) is 0 Å². The minimum absolute atomic E-state index is 0.133. The molecule has 1 fully saturated rings. The first-order valence-corrected chi connectivity index (χ1v) is 6.31. The van der Waals surface area contributed by atoms with Crippen molar-refractivity contribution >= 4 is 16.3 Å². The van der Waals surface area contributed by atoms with Gasteiger partial charge in [-0.25, -0.2) is 0 Å². The van der Waals surface area contributed by atoms with E-state index in [1.807, 2.05) is 0 Å². The van der Waals surface area contributed by atoms with Crippen molar-refractivity contribution in [3.05, 3.63) is 10.8 Å². The Morgan fingerprint density at radius 2 is 1.89 bits per heavy atom. The van der Waals surface area contributed by atoms with Crippen molar-refractivity contribution in [2.45, 2.75) is 37.4 Å². The van der Waals surface area contributed by atoms with Crippen LogP contribution in [0, 0.1) is 0 Å². The number of nitrogens with two attached hydrogens (primary N) is 1. The van der Waals surface area contributed by atoms with E-state index in [1.54, 1.807) is 0 Å². The lowest BCUT2D eigenvalue weighted by atomic mass is 10.0. The molecule has 9 heteroatoms. The number of halogens is 3. The molecule has 0 saturated heterocycles. The lowest BCUT2D eigenvalue weighted by Crippen LogP contribution is -2.33. The molecule has 2 heterocycles. The number of nitrogens with zero attached hydrogens (tertiary/aromatic N) is 4.